The largest absolute Gasteiger partial charge is 0.400 e. The van der Waals surface area contributed by atoms with Crippen LogP contribution in [0.2, 0.25) is 0 Å². The molecule has 0 radical (unpaired) electrons. The maximum absolute atomic E-state index is 10.9. The molecule has 0 aliphatic heterocycles. The lowest BCUT2D eigenvalue weighted by Crippen LogP contribution is -2.37. The van der Waals surface area contributed by atoms with Crippen molar-refractivity contribution in [3.63, 3.8) is 0 Å². The van der Waals surface area contributed by atoms with E-state index in [1.165, 1.54) is 24.8 Å². The molecule has 0 amide bonds. The lowest BCUT2D eigenvalue weighted by atomic mass is 9.83. The van der Waals surface area contributed by atoms with Crippen molar-refractivity contribution >= 4 is 0 Å². The SMILES string of the molecule is C=C(N)C(O)(CCCCCCC)C1=CC=CC(C)=CC1. The third-order valence-corrected chi connectivity index (χ3v) is 4.01. The summed E-state index contributed by atoms with van der Waals surface area (Å²) < 4.78 is 0. The van der Waals surface area contributed by atoms with Gasteiger partial charge in [0, 0.05) is 5.70 Å². The van der Waals surface area contributed by atoms with E-state index >= 15 is 0 Å². The zero-order valence-corrected chi connectivity index (χ0v) is 13.0. The quantitative estimate of drug-likeness (QED) is 0.646. The first-order valence-electron chi connectivity index (χ1n) is 7.72. The molecule has 0 bridgehead atoms. The molecule has 2 heteroatoms. The normalized spacial score (nSPS) is 17.9. The van der Waals surface area contributed by atoms with Crippen molar-refractivity contribution in [2.24, 2.45) is 5.73 Å². The van der Waals surface area contributed by atoms with Gasteiger partial charge >= 0.3 is 0 Å². The van der Waals surface area contributed by atoms with E-state index in [0.717, 1.165) is 24.8 Å². The molecule has 1 unspecified atom stereocenters. The molecule has 0 aromatic carbocycles. The van der Waals surface area contributed by atoms with Crippen LogP contribution in [0.25, 0.3) is 0 Å². The van der Waals surface area contributed by atoms with Crippen LogP contribution in [-0.2, 0) is 0 Å². The van der Waals surface area contributed by atoms with E-state index in [0.29, 0.717) is 12.1 Å². The van der Waals surface area contributed by atoms with Gasteiger partial charge in [0.1, 0.15) is 5.60 Å². The second-order valence-electron chi connectivity index (χ2n) is 5.75. The van der Waals surface area contributed by atoms with Crippen LogP contribution >= 0.6 is 0 Å². The second kappa shape index (κ2) is 8.11. The highest BCUT2D eigenvalue weighted by atomic mass is 16.3. The van der Waals surface area contributed by atoms with Gasteiger partial charge in [0.2, 0.25) is 0 Å². The molecule has 0 aromatic rings. The van der Waals surface area contributed by atoms with Crippen molar-refractivity contribution in [2.75, 3.05) is 0 Å². The number of aliphatic hydroxyl groups is 1. The predicted octanol–water partition coefficient (Wildman–Crippen LogP) is 4.38. The Morgan fingerprint density at radius 2 is 2.05 bits per heavy atom. The number of rotatable bonds is 8. The van der Waals surface area contributed by atoms with Gasteiger partial charge in [-0.15, -0.1) is 0 Å². The second-order valence-corrected chi connectivity index (χ2v) is 5.75. The molecule has 1 aliphatic carbocycles. The van der Waals surface area contributed by atoms with E-state index in [4.69, 9.17) is 5.73 Å². The first-order valence-corrected chi connectivity index (χ1v) is 7.72. The minimum absolute atomic E-state index is 0.362. The van der Waals surface area contributed by atoms with E-state index in [1.807, 2.05) is 18.2 Å². The van der Waals surface area contributed by atoms with Crippen LogP contribution in [-0.4, -0.2) is 10.7 Å². The lowest BCUT2D eigenvalue weighted by molar-refractivity contribution is 0.100. The third kappa shape index (κ3) is 4.68. The fourth-order valence-electron chi connectivity index (χ4n) is 2.54. The molecular weight excluding hydrogens is 246 g/mol. The number of hydrogen-bond donors (Lipinski definition) is 2. The van der Waals surface area contributed by atoms with E-state index in [9.17, 15) is 5.11 Å². The zero-order valence-electron chi connectivity index (χ0n) is 13.0. The summed E-state index contributed by atoms with van der Waals surface area (Å²) in [5, 5.41) is 10.9. The lowest BCUT2D eigenvalue weighted by Gasteiger charge is -2.31. The molecule has 0 spiro atoms. The Bertz CT molecular complexity index is 414. The van der Waals surface area contributed by atoms with Crippen LogP contribution in [0.3, 0.4) is 0 Å². The zero-order chi connectivity index (χ0) is 15.0. The Morgan fingerprint density at radius 3 is 2.70 bits per heavy atom. The summed E-state index contributed by atoms with van der Waals surface area (Å²) in [7, 11) is 0. The smallest absolute Gasteiger partial charge is 0.125 e. The molecule has 1 rings (SSSR count). The fourth-order valence-corrected chi connectivity index (χ4v) is 2.54. The molecule has 0 saturated carbocycles. The molecule has 0 fully saturated rings. The highest BCUT2D eigenvalue weighted by molar-refractivity contribution is 5.37. The van der Waals surface area contributed by atoms with Gasteiger partial charge < -0.3 is 10.8 Å². The van der Waals surface area contributed by atoms with Gasteiger partial charge in [-0.05, 0) is 31.8 Å². The van der Waals surface area contributed by atoms with E-state index in [-0.39, 0.29) is 0 Å². The van der Waals surface area contributed by atoms with Crippen molar-refractivity contribution in [1.29, 1.82) is 0 Å². The first kappa shape index (κ1) is 16.8. The maximum atomic E-state index is 10.9. The molecule has 3 N–H and O–H groups in total. The van der Waals surface area contributed by atoms with Gasteiger partial charge in [-0.3, -0.25) is 0 Å². The van der Waals surface area contributed by atoms with Crippen LogP contribution < -0.4 is 5.73 Å². The number of hydrogen-bond acceptors (Lipinski definition) is 2. The van der Waals surface area contributed by atoms with Crippen molar-refractivity contribution in [1.82, 2.24) is 0 Å². The molecule has 1 aliphatic rings. The number of nitrogens with two attached hydrogens (primary N) is 1. The van der Waals surface area contributed by atoms with Crippen molar-refractivity contribution < 1.29 is 5.11 Å². The van der Waals surface area contributed by atoms with Gasteiger partial charge in [0.05, 0.1) is 0 Å². The van der Waals surface area contributed by atoms with E-state index in [1.54, 1.807) is 0 Å². The predicted molar refractivity (Wildman–Crippen MR) is 87.3 cm³/mol. The third-order valence-electron chi connectivity index (χ3n) is 4.01. The summed E-state index contributed by atoms with van der Waals surface area (Å²) in [5.41, 5.74) is 7.37. The Kier molecular flexibility index (Phi) is 6.80. The Hall–Kier alpha value is -1.28. The molecule has 0 saturated heterocycles. The summed E-state index contributed by atoms with van der Waals surface area (Å²) in [6, 6.07) is 0. The van der Waals surface area contributed by atoms with Crippen LogP contribution in [0.1, 0.15) is 58.8 Å². The monoisotopic (exact) mass is 275 g/mol. The highest BCUT2D eigenvalue weighted by Gasteiger charge is 2.32. The molecule has 1 atom stereocenters. The molecule has 0 aromatic heterocycles. The van der Waals surface area contributed by atoms with Crippen LogP contribution in [0, 0.1) is 0 Å². The summed E-state index contributed by atoms with van der Waals surface area (Å²) in [5.74, 6) is 0. The average molecular weight is 275 g/mol. The molecular formula is C18H29NO. The van der Waals surface area contributed by atoms with Crippen LogP contribution in [0.15, 0.2) is 47.7 Å². The molecule has 20 heavy (non-hydrogen) atoms. The summed E-state index contributed by atoms with van der Waals surface area (Å²) in [6.45, 7) is 8.08. The van der Waals surface area contributed by atoms with Crippen molar-refractivity contribution in [2.45, 2.75) is 64.4 Å². The van der Waals surface area contributed by atoms with Gasteiger partial charge in [-0.25, -0.2) is 0 Å². The Morgan fingerprint density at radius 1 is 1.35 bits per heavy atom. The van der Waals surface area contributed by atoms with Crippen molar-refractivity contribution in [3.8, 4) is 0 Å². The summed E-state index contributed by atoms with van der Waals surface area (Å²) >= 11 is 0. The fraction of sp³-hybridized carbons (Fsp3) is 0.556. The minimum atomic E-state index is -1.06. The van der Waals surface area contributed by atoms with Crippen molar-refractivity contribution in [3.05, 3.63) is 47.7 Å². The summed E-state index contributed by atoms with van der Waals surface area (Å²) in [4.78, 5) is 0. The summed E-state index contributed by atoms with van der Waals surface area (Å²) in [6.07, 6.45) is 15.4. The number of allylic oxidation sites excluding steroid dienone is 5. The highest BCUT2D eigenvalue weighted by Crippen LogP contribution is 2.32. The molecule has 112 valence electrons. The van der Waals surface area contributed by atoms with Gasteiger partial charge in [0.25, 0.3) is 0 Å². The topological polar surface area (TPSA) is 46.2 Å². The molecule has 2 nitrogen and oxygen atoms in total. The van der Waals surface area contributed by atoms with Gasteiger partial charge in [-0.2, -0.15) is 0 Å². The van der Waals surface area contributed by atoms with Crippen LogP contribution in [0.5, 0.6) is 0 Å². The van der Waals surface area contributed by atoms with Gasteiger partial charge in [0.15, 0.2) is 0 Å². The Balaban J connectivity index is 2.69. The van der Waals surface area contributed by atoms with E-state index in [2.05, 4.69) is 26.5 Å². The first-order chi connectivity index (χ1) is 9.50. The van der Waals surface area contributed by atoms with Crippen LogP contribution in [0.4, 0.5) is 0 Å². The average Bonchev–Trinajstić information content (AvgIpc) is 2.63. The molecule has 0 heterocycles. The number of unbranched alkanes of at least 4 members (excludes halogenated alkanes) is 4. The van der Waals surface area contributed by atoms with Gasteiger partial charge in [-0.1, -0.05) is 69.1 Å². The Labute approximate surface area is 123 Å². The van der Waals surface area contributed by atoms with E-state index < -0.39 is 5.60 Å². The standard InChI is InChI=1S/C18H29NO/c1-4-5-6-7-8-14-18(20,16(3)19)17-11-9-10-15(2)12-13-17/h9-12,20H,3-8,13-14,19H2,1-2H3. The minimum Gasteiger partial charge on any atom is -0.400 e. The maximum Gasteiger partial charge on any atom is 0.125 e.